The highest BCUT2D eigenvalue weighted by Gasteiger charge is 2.37. The summed E-state index contributed by atoms with van der Waals surface area (Å²) in [4.78, 5) is 59.0. The van der Waals surface area contributed by atoms with Crippen molar-refractivity contribution in [2.75, 3.05) is 39.7 Å². The highest BCUT2D eigenvalue weighted by molar-refractivity contribution is 6.34. The lowest BCUT2D eigenvalue weighted by Gasteiger charge is -2.31. The fourth-order valence-electron chi connectivity index (χ4n) is 6.42. The van der Waals surface area contributed by atoms with Gasteiger partial charge in [-0.1, -0.05) is 29.8 Å². The molecule has 0 radical (unpaired) electrons. The number of rotatable bonds is 12. The Bertz CT molecular complexity index is 1670. The Kier molecular flexibility index (Phi) is 11.5. The molecule has 0 bridgehead atoms. The molecular weight excluding hydrogens is 643 g/mol. The monoisotopic (exact) mass is 684 g/mol. The van der Waals surface area contributed by atoms with E-state index in [1.807, 2.05) is 35.9 Å². The topological polar surface area (TPSA) is 119 Å². The second-order valence-corrected chi connectivity index (χ2v) is 13.1. The van der Waals surface area contributed by atoms with Crippen molar-refractivity contribution in [1.29, 1.82) is 0 Å². The lowest BCUT2D eigenvalue weighted by Crippen LogP contribution is -2.47. The summed E-state index contributed by atoms with van der Waals surface area (Å²) >= 11 is 6.47. The first-order chi connectivity index (χ1) is 23.0. The van der Waals surface area contributed by atoms with Gasteiger partial charge in [0.05, 0.1) is 48.1 Å². The van der Waals surface area contributed by atoms with Crippen molar-refractivity contribution in [2.45, 2.75) is 63.2 Å². The van der Waals surface area contributed by atoms with E-state index < -0.39 is 35.9 Å². The normalized spacial score (nSPS) is 20.4. The van der Waals surface area contributed by atoms with Crippen LogP contribution in [0, 0.1) is 11.7 Å². The predicted octanol–water partition coefficient (Wildman–Crippen LogP) is 4.94. The second-order valence-electron chi connectivity index (χ2n) is 12.7. The number of aryl methyl sites for hydroxylation is 1. The first-order valence-electron chi connectivity index (χ1n) is 16.2. The number of nitrogens with zero attached hydrogens (tertiary/aromatic N) is 3. The number of fused-ring (bicyclic) bond motifs is 1. The maximum Gasteiger partial charge on any atom is 0.308 e. The summed E-state index contributed by atoms with van der Waals surface area (Å²) in [6, 6.07) is 9.60. The summed E-state index contributed by atoms with van der Waals surface area (Å²) in [5.41, 5.74) is 1.30. The number of nitrogens with one attached hydrogen (secondary N) is 1. The van der Waals surface area contributed by atoms with Crippen LogP contribution < -0.4 is 5.32 Å². The number of ether oxygens (including phenoxy) is 2. The van der Waals surface area contributed by atoms with E-state index in [4.69, 9.17) is 25.9 Å². The zero-order valence-corrected chi connectivity index (χ0v) is 28.4. The Morgan fingerprint density at radius 3 is 2.52 bits per heavy atom. The van der Waals surface area contributed by atoms with Crippen LogP contribution in [0.1, 0.15) is 54.4 Å². The molecule has 48 heavy (non-hydrogen) atoms. The number of para-hydroxylation sites is 1. The maximum atomic E-state index is 15.4. The first kappa shape index (κ1) is 35.5. The van der Waals surface area contributed by atoms with E-state index in [9.17, 15) is 19.2 Å². The minimum atomic E-state index is -1.50. The molecule has 0 spiro atoms. The highest BCUT2D eigenvalue weighted by Crippen LogP contribution is 2.30. The van der Waals surface area contributed by atoms with E-state index in [1.165, 1.54) is 32.2 Å². The summed E-state index contributed by atoms with van der Waals surface area (Å²) in [5.74, 6) is -2.71. The van der Waals surface area contributed by atoms with Gasteiger partial charge in [-0.25, -0.2) is 4.39 Å². The molecule has 258 valence electrons. The van der Waals surface area contributed by atoms with Gasteiger partial charge >= 0.3 is 5.97 Å². The van der Waals surface area contributed by atoms with Gasteiger partial charge in [-0.3, -0.25) is 24.0 Å². The lowest BCUT2D eigenvalue weighted by molar-refractivity contribution is -0.217. The minimum absolute atomic E-state index is 0.00158. The molecule has 2 amide bonds. The summed E-state index contributed by atoms with van der Waals surface area (Å²) in [5, 5.41) is 5.08. The summed E-state index contributed by atoms with van der Waals surface area (Å²) in [6.45, 7) is 0.847. The number of carbonyl (C=O) groups is 4. The number of likely N-dealkylation sites (N-methyl/N-ethyl adjacent to an activating group) is 1. The van der Waals surface area contributed by atoms with E-state index in [1.54, 1.807) is 11.3 Å². The molecule has 1 saturated heterocycles. The van der Waals surface area contributed by atoms with Crippen LogP contribution in [-0.2, 0) is 42.2 Å². The Balaban J connectivity index is 1.23. The number of Topliss-reactive ketones (excluding diaryl/α,β-unsaturated/α-hetero) is 1. The van der Waals surface area contributed by atoms with Crippen molar-refractivity contribution in [3.05, 3.63) is 64.6 Å². The number of aromatic nitrogens is 1. The molecule has 5 rings (SSSR count). The van der Waals surface area contributed by atoms with Crippen LogP contribution >= 0.6 is 11.6 Å². The number of ketones is 1. The quantitative estimate of drug-likeness (QED) is 0.211. The molecule has 13 heteroatoms. The Hall–Kier alpha value is -3.84. The van der Waals surface area contributed by atoms with Crippen LogP contribution in [0.25, 0.3) is 10.9 Å². The van der Waals surface area contributed by atoms with Crippen molar-refractivity contribution in [3.8, 4) is 0 Å². The van der Waals surface area contributed by atoms with E-state index in [2.05, 4.69) is 5.32 Å². The Morgan fingerprint density at radius 1 is 1.08 bits per heavy atom. The summed E-state index contributed by atoms with van der Waals surface area (Å²) in [6.07, 6.45) is 4.17. The number of amides is 2. The van der Waals surface area contributed by atoms with Gasteiger partial charge in [-0.15, -0.1) is 0 Å². The number of carbonyl (C=O) groups excluding carboxylic acids is 4. The molecular formula is C35H42ClFN4O7. The molecule has 11 nitrogen and oxygen atoms in total. The van der Waals surface area contributed by atoms with Crippen LogP contribution in [0.2, 0.25) is 5.02 Å². The third-order valence-corrected chi connectivity index (χ3v) is 9.46. The number of halogens is 2. The van der Waals surface area contributed by atoms with E-state index >= 15 is 4.39 Å². The molecule has 1 unspecified atom stereocenters. The van der Waals surface area contributed by atoms with E-state index in [-0.39, 0.29) is 40.3 Å². The molecule has 1 aliphatic heterocycles. The number of hydroxylamine groups is 2. The second kappa shape index (κ2) is 15.6. The maximum absolute atomic E-state index is 15.4. The molecule has 1 aliphatic carbocycles. The van der Waals surface area contributed by atoms with Gasteiger partial charge in [0.15, 0.2) is 5.78 Å². The van der Waals surface area contributed by atoms with E-state index in [0.717, 1.165) is 42.7 Å². The van der Waals surface area contributed by atoms with Crippen molar-refractivity contribution in [1.82, 2.24) is 14.5 Å². The number of benzene rings is 2. The summed E-state index contributed by atoms with van der Waals surface area (Å²) < 4.78 is 28.3. The predicted molar refractivity (Wildman–Crippen MR) is 178 cm³/mol. The van der Waals surface area contributed by atoms with Crippen molar-refractivity contribution in [3.63, 3.8) is 0 Å². The summed E-state index contributed by atoms with van der Waals surface area (Å²) in [7, 11) is 6.27. The van der Waals surface area contributed by atoms with Crippen LogP contribution in [0.3, 0.4) is 0 Å². The van der Waals surface area contributed by atoms with E-state index in [0.29, 0.717) is 31.6 Å². The Labute approximate surface area is 284 Å². The number of esters is 1. The lowest BCUT2D eigenvalue weighted by atomic mass is 9.87. The zero-order valence-electron chi connectivity index (χ0n) is 27.7. The van der Waals surface area contributed by atoms with Gasteiger partial charge in [0, 0.05) is 51.2 Å². The van der Waals surface area contributed by atoms with Gasteiger partial charge in [-0.2, -0.15) is 5.06 Å². The largest absolute Gasteiger partial charge is 0.469 e. The van der Waals surface area contributed by atoms with Crippen molar-refractivity contribution in [2.24, 2.45) is 13.0 Å². The fourth-order valence-corrected chi connectivity index (χ4v) is 6.65. The average molecular weight is 685 g/mol. The van der Waals surface area contributed by atoms with Crippen LogP contribution in [0.15, 0.2) is 42.6 Å². The number of hydrogen-bond donors (Lipinski definition) is 1. The standard InChI is InChI=1S/C35H42ClFN4O7/c1-39(2)34(44)32(48-41-15-7-8-23(41)20-47-24-13-11-21(12-14-24)35(45)46-4)31(42)17-22-16-27(36)29(18-28(22)37)38-33(43)26-19-40(3)30-10-6-5-9-25(26)30/h5-6,9-10,16,18-19,21,23-24,32H,7-8,11-15,17,20H2,1-4H3,(H,38,43)/t21?,23-,24?,32?/m0/s1. The fraction of sp³-hybridized carbons (Fsp3) is 0.486. The molecule has 1 N–H and O–H groups in total. The van der Waals surface area contributed by atoms with Crippen LogP contribution in [0.4, 0.5) is 10.1 Å². The molecule has 2 aromatic carbocycles. The third-order valence-electron chi connectivity index (χ3n) is 9.15. The molecule has 1 aromatic heterocycles. The minimum Gasteiger partial charge on any atom is -0.469 e. The molecule has 2 aliphatic rings. The van der Waals surface area contributed by atoms with Crippen molar-refractivity contribution >= 4 is 51.8 Å². The van der Waals surface area contributed by atoms with Gasteiger partial charge < -0.3 is 24.3 Å². The molecule has 3 aromatic rings. The zero-order chi connectivity index (χ0) is 34.5. The SMILES string of the molecule is COC(=O)C1CCC(OC[C@@H]2CCCN2OC(C(=O)Cc2cc(Cl)c(NC(=O)c3cn(C)c4ccccc34)cc2F)C(=O)N(C)C)CC1. The van der Waals surface area contributed by atoms with Gasteiger partial charge in [0.2, 0.25) is 6.10 Å². The van der Waals surface area contributed by atoms with Crippen LogP contribution in [-0.4, -0.2) is 90.7 Å². The van der Waals surface area contributed by atoms with Gasteiger partial charge in [0.25, 0.3) is 11.8 Å². The van der Waals surface area contributed by atoms with Crippen LogP contribution in [0.5, 0.6) is 0 Å². The number of methoxy groups -OCH3 is 1. The van der Waals surface area contributed by atoms with Crippen molar-refractivity contribution < 1.29 is 37.9 Å². The highest BCUT2D eigenvalue weighted by atomic mass is 35.5. The Morgan fingerprint density at radius 2 is 1.81 bits per heavy atom. The average Bonchev–Trinajstić information content (AvgIpc) is 3.67. The van der Waals surface area contributed by atoms with Gasteiger partial charge in [0.1, 0.15) is 5.82 Å². The first-order valence-corrected chi connectivity index (χ1v) is 16.5. The molecule has 1 saturated carbocycles. The smallest absolute Gasteiger partial charge is 0.308 e. The number of anilines is 1. The molecule has 2 heterocycles. The van der Waals surface area contributed by atoms with Gasteiger partial charge in [-0.05, 0) is 62.3 Å². The third kappa shape index (κ3) is 8.06. The molecule has 2 fully saturated rings. The number of hydrogen-bond acceptors (Lipinski definition) is 8. The molecule has 2 atom stereocenters.